The zero-order chi connectivity index (χ0) is 16.8. The van der Waals surface area contributed by atoms with Crippen LogP contribution in [0, 0.1) is 0 Å². The van der Waals surface area contributed by atoms with Crippen molar-refractivity contribution in [2.75, 3.05) is 0 Å². The minimum Gasteiger partial charge on any atom is -0.244 e. The van der Waals surface area contributed by atoms with Crippen molar-refractivity contribution in [1.82, 2.24) is 4.98 Å². The van der Waals surface area contributed by atoms with E-state index in [1.54, 1.807) is 0 Å². The lowest BCUT2D eigenvalue weighted by molar-refractivity contribution is -0.137. The molecular formula is C10H7F3N2O4S3. The van der Waals surface area contributed by atoms with Crippen LogP contribution < -0.4 is 5.14 Å². The second-order valence-corrected chi connectivity index (χ2v) is 8.54. The van der Waals surface area contributed by atoms with Crippen LogP contribution in [-0.2, 0) is 26.0 Å². The molecule has 0 radical (unpaired) electrons. The van der Waals surface area contributed by atoms with Crippen molar-refractivity contribution in [3.8, 4) is 0 Å². The molecule has 0 saturated carbocycles. The lowest BCUT2D eigenvalue weighted by Crippen LogP contribution is -2.15. The molecule has 2 aromatic rings. The van der Waals surface area contributed by atoms with Crippen molar-refractivity contribution in [1.29, 1.82) is 0 Å². The molecule has 120 valence electrons. The first-order valence-electron chi connectivity index (χ1n) is 5.32. The zero-order valence-corrected chi connectivity index (χ0v) is 12.9. The Balaban J connectivity index is 2.55. The number of primary sulfonamides is 1. The van der Waals surface area contributed by atoms with Crippen LogP contribution in [0.15, 0.2) is 43.9 Å². The molecule has 0 unspecified atom stereocenters. The number of halogens is 3. The Morgan fingerprint density at radius 3 is 2.18 bits per heavy atom. The quantitative estimate of drug-likeness (QED) is 0.881. The first kappa shape index (κ1) is 16.9. The summed E-state index contributed by atoms with van der Waals surface area (Å²) < 4.78 is 83.9. The molecule has 0 spiro atoms. The summed E-state index contributed by atoms with van der Waals surface area (Å²) in [6.45, 7) is 0. The molecule has 22 heavy (non-hydrogen) atoms. The molecule has 6 nitrogen and oxygen atoms in total. The van der Waals surface area contributed by atoms with Gasteiger partial charge in [0.05, 0.1) is 5.56 Å². The molecular weight excluding hydrogens is 365 g/mol. The van der Waals surface area contributed by atoms with Crippen molar-refractivity contribution >= 4 is 31.2 Å². The first-order chi connectivity index (χ1) is 9.94. The molecule has 0 aliphatic rings. The van der Waals surface area contributed by atoms with E-state index >= 15 is 0 Å². The van der Waals surface area contributed by atoms with E-state index in [9.17, 15) is 30.0 Å². The molecule has 0 aliphatic carbocycles. The highest BCUT2D eigenvalue weighted by molar-refractivity contribution is 7.94. The number of nitrogens with two attached hydrogens (primary N) is 1. The van der Waals surface area contributed by atoms with Gasteiger partial charge in [-0.3, -0.25) is 0 Å². The van der Waals surface area contributed by atoms with E-state index in [0.717, 1.165) is 6.07 Å². The lowest BCUT2D eigenvalue weighted by Gasteiger charge is -2.07. The van der Waals surface area contributed by atoms with Crippen LogP contribution in [0.4, 0.5) is 13.2 Å². The monoisotopic (exact) mass is 372 g/mol. The summed E-state index contributed by atoms with van der Waals surface area (Å²) in [7, 11) is -8.68. The predicted molar refractivity (Wildman–Crippen MR) is 70.4 cm³/mol. The van der Waals surface area contributed by atoms with E-state index in [4.69, 9.17) is 5.14 Å². The maximum atomic E-state index is 12.4. The van der Waals surface area contributed by atoms with Crippen molar-refractivity contribution < 1.29 is 30.0 Å². The fourth-order valence-electron chi connectivity index (χ4n) is 1.51. The third kappa shape index (κ3) is 3.14. The van der Waals surface area contributed by atoms with Crippen LogP contribution >= 0.6 is 11.3 Å². The molecule has 2 aromatic heterocycles. The Labute approximate surface area is 127 Å². The van der Waals surface area contributed by atoms with E-state index in [2.05, 4.69) is 4.98 Å². The molecule has 0 bridgehead atoms. The van der Waals surface area contributed by atoms with Gasteiger partial charge in [0.25, 0.3) is 0 Å². The first-order valence-corrected chi connectivity index (χ1v) is 9.23. The number of hydrogen-bond acceptors (Lipinski definition) is 6. The highest BCUT2D eigenvalue weighted by atomic mass is 32.2. The molecule has 2 rings (SSSR count). The molecule has 0 amide bonds. The van der Waals surface area contributed by atoms with Crippen LogP contribution in [0.3, 0.4) is 0 Å². The maximum absolute atomic E-state index is 12.4. The van der Waals surface area contributed by atoms with E-state index in [-0.39, 0.29) is 0 Å². The van der Waals surface area contributed by atoms with Crippen molar-refractivity contribution in [3.63, 3.8) is 0 Å². The van der Waals surface area contributed by atoms with Gasteiger partial charge in [-0.05, 0) is 23.6 Å². The van der Waals surface area contributed by atoms with E-state index in [0.29, 0.717) is 29.7 Å². The molecule has 2 N–H and O–H groups in total. The van der Waals surface area contributed by atoms with E-state index in [1.807, 2.05) is 0 Å². The molecule has 2 heterocycles. The highest BCUT2D eigenvalue weighted by Gasteiger charge is 2.33. The standard InChI is InChI=1S/C10H7F3N2O4S3/c11-10(12,13)6-1-2-8(15-5-6)21(16,17)7-3-4-20-9(7)22(14,18)19/h1-5H,(H2,14,18,19). The average molecular weight is 372 g/mol. The number of hydrogen-bond donors (Lipinski definition) is 1. The minimum absolute atomic E-state index is 0.357. The van der Waals surface area contributed by atoms with Gasteiger partial charge in [-0.2, -0.15) is 13.2 Å². The second kappa shape index (κ2) is 5.30. The fraction of sp³-hybridized carbons (Fsp3) is 0.100. The Morgan fingerprint density at radius 2 is 1.73 bits per heavy atom. The Morgan fingerprint density at radius 1 is 1.09 bits per heavy atom. The van der Waals surface area contributed by atoms with Gasteiger partial charge in [0.2, 0.25) is 19.9 Å². The number of pyridine rings is 1. The summed E-state index contributed by atoms with van der Waals surface area (Å²) in [5.41, 5.74) is -1.12. The molecule has 12 heteroatoms. The minimum atomic E-state index is -4.66. The zero-order valence-electron chi connectivity index (χ0n) is 10.4. The summed E-state index contributed by atoms with van der Waals surface area (Å²) in [5.74, 6) is 0. The topological polar surface area (TPSA) is 107 Å². The number of sulfone groups is 1. The van der Waals surface area contributed by atoms with Gasteiger partial charge in [0, 0.05) is 6.20 Å². The van der Waals surface area contributed by atoms with Crippen molar-refractivity contribution in [3.05, 3.63) is 35.3 Å². The molecule has 0 aliphatic heterocycles. The number of sulfonamides is 1. The number of nitrogens with zero attached hydrogens (tertiary/aromatic N) is 1. The summed E-state index contributed by atoms with van der Waals surface area (Å²) in [6, 6.07) is 2.20. The SMILES string of the molecule is NS(=O)(=O)c1sccc1S(=O)(=O)c1ccc(C(F)(F)F)cn1. The van der Waals surface area contributed by atoms with Crippen LogP contribution in [0.1, 0.15) is 5.56 Å². The Bertz CT molecular complexity index is 900. The number of thiophene rings is 1. The largest absolute Gasteiger partial charge is 0.417 e. The summed E-state index contributed by atoms with van der Waals surface area (Å²) in [6.07, 6.45) is -4.31. The van der Waals surface area contributed by atoms with Crippen LogP contribution in [0.2, 0.25) is 0 Å². The number of aromatic nitrogens is 1. The third-order valence-corrected chi connectivity index (χ3v) is 6.88. The van der Waals surface area contributed by atoms with Gasteiger partial charge in [0.15, 0.2) is 9.24 Å². The second-order valence-electron chi connectivity index (χ2n) is 4.00. The Hall–Kier alpha value is -1.50. The van der Waals surface area contributed by atoms with Gasteiger partial charge in [-0.15, -0.1) is 11.3 Å². The van der Waals surface area contributed by atoms with Gasteiger partial charge >= 0.3 is 6.18 Å². The maximum Gasteiger partial charge on any atom is 0.417 e. The van der Waals surface area contributed by atoms with Gasteiger partial charge < -0.3 is 0 Å². The smallest absolute Gasteiger partial charge is 0.244 e. The summed E-state index contributed by atoms with van der Waals surface area (Å²) >= 11 is 0.586. The van der Waals surface area contributed by atoms with Gasteiger partial charge in [0.1, 0.15) is 4.90 Å². The molecule has 0 atom stereocenters. The fourth-order valence-corrected chi connectivity index (χ4v) is 5.44. The van der Waals surface area contributed by atoms with Gasteiger partial charge in [-0.25, -0.2) is 27.0 Å². The molecule has 0 aromatic carbocycles. The average Bonchev–Trinajstić information content (AvgIpc) is 2.87. The summed E-state index contributed by atoms with van der Waals surface area (Å²) in [5, 5.41) is 5.39. The van der Waals surface area contributed by atoms with E-state index in [1.165, 1.54) is 5.38 Å². The third-order valence-electron chi connectivity index (χ3n) is 2.48. The predicted octanol–water partition coefficient (Wildman–Crippen LogP) is 1.64. The number of rotatable bonds is 3. The number of alkyl halides is 3. The van der Waals surface area contributed by atoms with Crippen molar-refractivity contribution in [2.24, 2.45) is 5.14 Å². The van der Waals surface area contributed by atoms with Crippen LogP contribution in [-0.4, -0.2) is 21.8 Å². The van der Waals surface area contributed by atoms with E-state index < -0.39 is 45.7 Å². The van der Waals surface area contributed by atoms with Gasteiger partial charge in [-0.1, -0.05) is 0 Å². The normalized spacial score (nSPS) is 13.3. The lowest BCUT2D eigenvalue weighted by atomic mass is 10.3. The van der Waals surface area contributed by atoms with Crippen LogP contribution in [0.25, 0.3) is 0 Å². The Kier molecular flexibility index (Phi) is 4.06. The van der Waals surface area contributed by atoms with Crippen molar-refractivity contribution in [2.45, 2.75) is 20.3 Å². The molecule has 0 fully saturated rings. The van der Waals surface area contributed by atoms with Crippen LogP contribution in [0.5, 0.6) is 0 Å². The highest BCUT2D eigenvalue weighted by Crippen LogP contribution is 2.32. The summed E-state index contributed by atoms with van der Waals surface area (Å²) in [4.78, 5) is 2.64. The molecule has 0 saturated heterocycles.